The fourth-order valence-electron chi connectivity index (χ4n) is 2.96. The van der Waals surface area contributed by atoms with Gasteiger partial charge in [-0.2, -0.15) is 5.26 Å². The minimum absolute atomic E-state index is 0.342. The van der Waals surface area contributed by atoms with Crippen molar-refractivity contribution in [2.24, 2.45) is 5.92 Å². The minimum Gasteiger partial charge on any atom is -0.462 e. The number of benzene rings is 2. The van der Waals surface area contributed by atoms with Crippen LogP contribution in [0.15, 0.2) is 60.7 Å². The molecule has 0 aliphatic rings. The third-order valence-corrected chi connectivity index (χ3v) is 4.65. The maximum absolute atomic E-state index is 12.5. The van der Waals surface area contributed by atoms with E-state index in [-0.39, 0.29) is 5.97 Å². The summed E-state index contributed by atoms with van der Waals surface area (Å²) in [6, 6.07) is 19.1. The standard InChI is InChI=1S/C24H27NO2/c1-3-5-10-19(4-2)18-27-24(26)16-23(21-12-7-6-8-13-21)22-14-9-11-20(15-22)17-25/h6-9,11-16,19H,3-5,10,18H2,1-2H3/b23-16-. The largest absolute Gasteiger partial charge is 0.462 e. The molecule has 27 heavy (non-hydrogen) atoms. The van der Waals surface area contributed by atoms with Crippen LogP contribution >= 0.6 is 0 Å². The van der Waals surface area contributed by atoms with E-state index in [9.17, 15) is 10.1 Å². The molecule has 140 valence electrons. The Morgan fingerprint density at radius 1 is 1.11 bits per heavy atom. The van der Waals surface area contributed by atoms with Crippen LogP contribution in [0.4, 0.5) is 0 Å². The SMILES string of the molecule is CCCCC(CC)COC(=O)/C=C(/c1ccccc1)c1cccc(C#N)c1. The van der Waals surface area contributed by atoms with Gasteiger partial charge in [-0.1, -0.05) is 75.6 Å². The van der Waals surface area contributed by atoms with Crippen molar-refractivity contribution in [1.82, 2.24) is 0 Å². The number of ether oxygens (including phenoxy) is 1. The minimum atomic E-state index is -0.342. The molecule has 0 amide bonds. The van der Waals surface area contributed by atoms with Gasteiger partial charge < -0.3 is 4.74 Å². The molecule has 0 aliphatic heterocycles. The molecule has 2 rings (SSSR count). The van der Waals surface area contributed by atoms with Gasteiger partial charge in [0.05, 0.1) is 18.2 Å². The fourth-order valence-corrected chi connectivity index (χ4v) is 2.96. The maximum atomic E-state index is 12.5. The Morgan fingerprint density at radius 3 is 2.52 bits per heavy atom. The highest BCUT2D eigenvalue weighted by Gasteiger charge is 2.12. The third-order valence-electron chi connectivity index (χ3n) is 4.65. The van der Waals surface area contributed by atoms with E-state index in [2.05, 4.69) is 19.9 Å². The first-order chi connectivity index (χ1) is 13.2. The van der Waals surface area contributed by atoms with Crippen LogP contribution in [0.25, 0.3) is 5.57 Å². The molecule has 0 saturated carbocycles. The quantitative estimate of drug-likeness (QED) is 0.422. The Balaban J connectivity index is 2.22. The summed E-state index contributed by atoms with van der Waals surface area (Å²) in [6.45, 7) is 4.75. The van der Waals surface area contributed by atoms with Gasteiger partial charge in [0.25, 0.3) is 0 Å². The van der Waals surface area contributed by atoms with Gasteiger partial charge in [0.2, 0.25) is 0 Å². The van der Waals surface area contributed by atoms with Crippen LogP contribution in [-0.4, -0.2) is 12.6 Å². The van der Waals surface area contributed by atoms with Gasteiger partial charge in [-0.3, -0.25) is 0 Å². The smallest absolute Gasteiger partial charge is 0.331 e. The van der Waals surface area contributed by atoms with Crippen molar-refractivity contribution in [2.45, 2.75) is 39.5 Å². The van der Waals surface area contributed by atoms with Gasteiger partial charge in [-0.15, -0.1) is 0 Å². The topological polar surface area (TPSA) is 50.1 Å². The van der Waals surface area contributed by atoms with Crippen molar-refractivity contribution in [3.8, 4) is 6.07 Å². The predicted molar refractivity (Wildman–Crippen MR) is 109 cm³/mol. The van der Waals surface area contributed by atoms with Crippen LogP contribution in [0, 0.1) is 17.2 Å². The van der Waals surface area contributed by atoms with E-state index in [1.54, 1.807) is 18.2 Å². The highest BCUT2D eigenvalue weighted by atomic mass is 16.5. The van der Waals surface area contributed by atoms with Gasteiger partial charge in [0.15, 0.2) is 0 Å². The Hall–Kier alpha value is -2.86. The number of unbranched alkanes of at least 4 members (excludes halogenated alkanes) is 1. The molecular weight excluding hydrogens is 334 g/mol. The normalized spacial score (nSPS) is 12.3. The van der Waals surface area contributed by atoms with Gasteiger partial charge in [0, 0.05) is 6.08 Å². The van der Waals surface area contributed by atoms with Crippen LogP contribution in [0.3, 0.4) is 0 Å². The first kappa shape index (κ1) is 20.5. The van der Waals surface area contributed by atoms with Crippen molar-refractivity contribution >= 4 is 11.5 Å². The van der Waals surface area contributed by atoms with Crippen molar-refractivity contribution in [1.29, 1.82) is 5.26 Å². The second kappa shape index (κ2) is 11.0. The fraction of sp³-hybridized carbons (Fsp3) is 0.333. The number of nitrogens with zero attached hydrogens (tertiary/aromatic N) is 1. The van der Waals surface area contributed by atoms with Crippen molar-refractivity contribution in [2.75, 3.05) is 6.61 Å². The number of hydrogen-bond acceptors (Lipinski definition) is 3. The summed E-state index contributed by atoms with van der Waals surface area (Å²) in [5.41, 5.74) is 3.07. The molecule has 0 N–H and O–H groups in total. The summed E-state index contributed by atoms with van der Waals surface area (Å²) in [5.74, 6) is 0.0653. The first-order valence-electron chi connectivity index (χ1n) is 9.62. The number of carbonyl (C=O) groups excluding carboxylic acids is 1. The molecule has 2 aromatic rings. The summed E-state index contributed by atoms with van der Waals surface area (Å²) in [6.07, 6.45) is 5.94. The predicted octanol–water partition coefficient (Wildman–Crippen LogP) is 5.75. The Kier molecular flexibility index (Phi) is 8.32. The number of carbonyl (C=O) groups is 1. The molecule has 0 saturated heterocycles. The highest BCUT2D eigenvalue weighted by Crippen LogP contribution is 2.24. The molecular formula is C24H27NO2. The van der Waals surface area contributed by atoms with Crippen molar-refractivity contribution in [3.05, 3.63) is 77.4 Å². The Morgan fingerprint density at radius 2 is 1.85 bits per heavy atom. The zero-order chi connectivity index (χ0) is 19.5. The van der Waals surface area contributed by atoms with Gasteiger partial charge in [0.1, 0.15) is 0 Å². The molecule has 0 radical (unpaired) electrons. The van der Waals surface area contributed by atoms with Crippen molar-refractivity contribution in [3.63, 3.8) is 0 Å². The Bertz CT molecular complexity index is 803. The molecule has 2 aromatic carbocycles. The van der Waals surface area contributed by atoms with Crippen LogP contribution in [-0.2, 0) is 9.53 Å². The monoisotopic (exact) mass is 361 g/mol. The molecule has 1 unspecified atom stereocenters. The van der Waals surface area contributed by atoms with E-state index in [1.807, 2.05) is 42.5 Å². The summed E-state index contributed by atoms with van der Waals surface area (Å²) < 4.78 is 5.54. The summed E-state index contributed by atoms with van der Waals surface area (Å²) in [7, 11) is 0. The van der Waals surface area contributed by atoms with E-state index in [1.165, 1.54) is 0 Å². The van der Waals surface area contributed by atoms with E-state index in [0.29, 0.717) is 18.1 Å². The average molecular weight is 361 g/mol. The molecule has 3 heteroatoms. The average Bonchev–Trinajstić information content (AvgIpc) is 2.72. The zero-order valence-corrected chi connectivity index (χ0v) is 16.2. The Labute approximate surface area is 162 Å². The van der Waals surface area contributed by atoms with Crippen LogP contribution in [0.2, 0.25) is 0 Å². The van der Waals surface area contributed by atoms with Crippen LogP contribution in [0.1, 0.15) is 56.2 Å². The lowest BCUT2D eigenvalue weighted by molar-refractivity contribution is -0.139. The maximum Gasteiger partial charge on any atom is 0.331 e. The van der Waals surface area contributed by atoms with E-state index >= 15 is 0 Å². The van der Waals surface area contributed by atoms with Gasteiger partial charge in [-0.25, -0.2) is 4.79 Å². The third kappa shape index (κ3) is 6.42. The lowest BCUT2D eigenvalue weighted by Gasteiger charge is -2.14. The molecule has 3 nitrogen and oxygen atoms in total. The number of esters is 1. The molecule has 0 aliphatic carbocycles. The zero-order valence-electron chi connectivity index (χ0n) is 16.2. The summed E-state index contributed by atoms with van der Waals surface area (Å²) in [4.78, 5) is 12.5. The summed E-state index contributed by atoms with van der Waals surface area (Å²) in [5, 5.41) is 9.18. The lowest BCUT2D eigenvalue weighted by atomic mass is 9.96. The molecule has 0 bridgehead atoms. The van der Waals surface area contributed by atoms with Gasteiger partial charge >= 0.3 is 5.97 Å². The molecule has 0 heterocycles. The van der Waals surface area contributed by atoms with Crippen molar-refractivity contribution < 1.29 is 9.53 Å². The highest BCUT2D eigenvalue weighted by molar-refractivity contribution is 5.96. The van der Waals surface area contributed by atoms with Crippen LogP contribution in [0.5, 0.6) is 0 Å². The molecule has 0 fully saturated rings. The number of nitriles is 1. The number of hydrogen-bond donors (Lipinski definition) is 0. The number of rotatable bonds is 9. The van der Waals surface area contributed by atoms with E-state index in [4.69, 9.17) is 4.74 Å². The second-order valence-corrected chi connectivity index (χ2v) is 6.66. The molecule has 0 aromatic heterocycles. The molecule has 1 atom stereocenters. The van der Waals surface area contributed by atoms with E-state index in [0.717, 1.165) is 42.4 Å². The van der Waals surface area contributed by atoms with E-state index < -0.39 is 0 Å². The lowest BCUT2D eigenvalue weighted by Crippen LogP contribution is -2.12. The molecule has 0 spiro atoms. The summed E-state index contributed by atoms with van der Waals surface area (Å²) >= 11 is 0. The van der Waals surface area contributed by atoms with Gasteiger partial charge in [-0.05, 0) is 41.2 Å². The first-order valence-corrected chi connectivity index (χ1v) is 9.62. The van der Waals surface area contributed by atoms with Crippen LogP contribution < -0.4 is 0 Å². The second-order valence-electron chi connectivity index (χ2n) is 6.66.